The zero-order valence-corrected chi connectivity index (χ0v) is 10.5. The van der Waals surface area contributed by atoms with E-state index in [0.29, 0.717) is 13.1 Å². The molecule has 1 aliphatic carbocycles. The van der Waals surface area contributed by atoms with Crippen LogP contribution in [0.15, 0.2) is 5.16 Å². The molecule has 6 nitrogen and oxygen atoms in total. The summed E-state index contributed by atoms with van der Waals surface area (Å²) in [6.45, 7) is 5.25. The molecule has 1 rings (SSSR count). The summed E-state index contributed by atoms with van der Waals surface area (Å²) in [6.07, 6.45) is 2.73. The predicted molar refractivity (Wildman–Crippen MR) is 66.0 cm³/mol. The van der Waals surface area contributed by atoms with Gasteiger partial charge in [-0.05, 0) is 26.7 Å². The van der Waals surface area contributed by atoms with Crippen molar-refractivity contribution in [3.05, 3.63) is 0 Å². The van der Waals surface area contributed by atoms with Crippen LogP contribution in [-0.2, 0) is 0 Å². The van der Waals surface area contributed by atoms with Gasteiger partial charge in [-0.2, -0.15) is 0 Å². The Morgan fingerprint density at radius 2 is 2.12 bits per heavy atom. The van der Waals surface area contributed by atoms with Gasteiger partial charge < -0.3 is 21.2 Å². The molecule has 2 atom stereocenters. The van der Waals surface area contributed by atoms with Crippen molar-refractivity contribution in [2.75, 3.05) is 13.1 Å². The minimum absolute atomic E-state index is 0.0148. The fourth-order valence-corrected chi connectivity index (χ4v) is 2.32. The van der Waals surface area contributed by atoms with Crippen molar-refractivity contribution < 1.29 is 10.0 Å². The first kappa shape index (κ1) is 13.6. The first-order valence-corrected chi connectivity index (χ1v) is 6.16. The molecular weight excluding hydrogens is 220 g/mol. The van der Waals surface area contributed by atoms with Gasteiger partial charge >= 0.3 is 6.03 Å². The number of carbonyl (C=O) groups excluding carboxylic acids is 1. The number of hydrogen-bond donors (Lipinski definition) is 3. The molecule has 6 heteroatoms. The van der Waals surface area contributed by atoms with Gasteiger partial charge in [0.2, 0.25) is 0 Å². The molecular formula is C11H22N4O2. The van der Waals surface area contributed by atoms with E-state index in [1.54, 1.807) is 4.90 Å². The largest absolute Gasteiger partial charge is 0.409 e. The average molecular weight is 242 g/mol. The van der Waals surface area contributed by atoms with E-state index in [1.807, 2.05) is 13.8 Å². The fraction of sp³-hybridized carbons (Fsp3) is 0.818. The summed E-state index contributed by atoms with van der Waals surface area (Å²) in [6, 6.07) is -0.0864. The number of rotatable bonds is 4. The molecule has 0 aliphatic heterocycles. The SMILES string of the molecule is CCN(CC)C(=O)NC1CCCC1C(N)=NO. The third-order valence-corrected chi connectivity index (χ3v) is 3.37. The van der Waals surface area contributed by atoms with E-state index in [-0.39, 0.29) is 23.8 Å². The van der Waals surface area contributed by atoms with Crippen molar-refractivity contribution in [1.82, 2.24) is 10.2 Å². The second kappa shape index (κ2) is 6.32. The number of oxime groups is 1. The zero-order chi connectivity index (χ0) is 12.8. The molecule has 1 aliphatic rings. The Bertz CT molecular complexity index is 289. The highest BCUT2D eigenvalue weighted by atomic mass is 16.4. The Morgan fingerprint density at radius 3 is 2.65 bits per heavy atom. The number of nitrogens with two attached hydrogens (primary N) is 1. The lowest BCUT2D eigenvalue weighted by Gasteiger charge is -2.25. The minimum atomic E-state index is -0.0716. The molecule has 2 unspecified atom stereocenters. The first-order valence-electron chi connectivity index (χ1n) is 6.16. The lowest BCUT2D eigenvalue weighted by Crippen LogP contribution is -2.48. The fourth-order valence-electron chi connectivity index (χ4n) is 2.32. The predicted octanol–water partition coefficient (Wildman–Crippen LogP) is 0.953. The van der Waals surface area contributed by atoms with Crippen molar-refractivity contribution in [3.8, 4) is 0 Å². The van der Waals surface area contributed by atoms with Gasteiger partial charge in [-0.3, -0.25) is 0 Å². The average Bonchev–Trinajstić information content (AvgIpc) is 2.77. The monoisotopic (exact) mass is 242 g/mol. The number of nitrogens with zero attached hydrogens (tertiary/aromatic N) is 2. The van der Waals surface area contributed by atoms with E-state index in [4.69, 9.17) is 10.9 Å². The number of urea groups is 1. The molecule has 0 aromatic heterocycles. The lowest BCUT2D eigenvalue weighted by atomic mass is 10.0. The van der Waals surface area contributed by atoms with Crippen LogP contribution in [0.2, 0.25) is 0 Å². The summed E-state index contributed by atoms with van der Waals surface area (Å²) in [5.74, 6) is 0.173. The topological polar surface area (TPSA) is 91.0 Å². The maximum absolute atomic E-state index is 11.9. The van der Waals surface area contributed by atoms with E-state index in [1.165, 1.54) is 0 Å². The van der Waals surface area contributed by atoms with E-state index in [9.17, 15) is 4.79 Å². The smallest absolute Gasteiger partial charge is 0.317 e. The summed E-state index contributed by atoms with van der Waals surface area (Å²) in [5, 5.41) is 14.7. The van der Waals surface area contributed by atoms with Gasteiger partial charge in [0.05, 0.1) is 0 Å². The standard InChI is InChI=1S/C11H22N4O2/c1-3-15(4-2)11(16)13-9-7-5-6-8(9)10(12)14-17/h8-9,17H,3-7H2,1-2H3,(H2,12,14)(H,13,16). The van der Waals surface area contributed by atoms with Crippen LogP contribution >= 0.6 is 0 Å². The number of amides is 2. The van der Waals surface area contributed by atoms with Gasteiger partial charge in [0.25, 0.3) is 0 Å². The molecule has 0 radical (unpaired) electrons. The van der Waals surface area contributed by atoms with E-state index >= 15 is 0 Å². The van der Waals surface area contributed by atoms with Crippen LogP contribution in [0.25, 0.3) is 0 Å². The number of hydrogen-bond acceptors (Lipinski definition) is 3. The maximum Gasteiger partial charge on any atom is 0.317 e. The summed E-state index contributed by atoms with van der Waals surface area (Å²) >= 11 is 0. The van der Waals surface area contributed by atoms with Gasteiger partial charge in [-0.15, -0.1) is 0 Å². The van der Waals surface area contributed by atoms with Gasteiger partial charge in [0.15, 0.2) is 0 Å². The second-order valence-electron chi connectivity index (χ2n) is 4.29. The van der Waals surface area contributed by atoms with Gasteiger partial charge in [0.1, 0.15) is 5.84 Å². The maximum atomic E-state index is 11.9. The molecule has 0 heterocycles. The van der Waals surface area contributed by atoms with Gasteiger partial charge in [-0.25, -0.2) is 4.79 Å². The van der Waals surface area contributed by atoms with Crippen molar-refractivity contribution in [1.29, 1.82) is 0 Å². The molecule has 4 N–H and O–H groups in total. The summed E-state index contributed by atoms with van der Waals surface area (Å²) in [7, 11) is 0. The summed E-state index contributed by atoms with van der Waals surface area (Å²) in [5.41, 5.74) is 5.62. The number of amidine groups is 1. The Labute approximate surface area is 102 Å². The second-order valence-corrected chi connectivity index (χ2v) is 4.29. The zero-order valence-electron chi connectivity index (χ0n) is 10.5. The van der Waals surface area contributed by atoms with Crippen LogP contribution in [0, 0.1) is 5.92 Å². The highest BCUT2D eigenvalue weighted by molar-refractivity contribution is 5.84. The summed E-state index contributed by atoms with van der Waals surface area (Å²) in [4.78, 5) is 13.6. The molecule has 1 saturated carbocycles. The van der Waals surface area contributed by atoms with Crippen LogP contribution in [0.4, 0.5) is 4.79 Å². The Hall–Kier alpha value is -1.46. The van der Waals surface area contributed by atoms with Gasteiger partial charge in [-0.1, -0.05) is 11.6 Å². The number of carbonyl (C=O) groups is 1. The molecule has 0 bridgehead atoms. The Balaban J connectivity index is 2.58. The third kappa shape index (κ3) is 3.25. The van der Waals surface area contributed by atoms with Crippen LogP contribution in [0.1, 0.15) is 33.1 Å². The normalized spacial score (nSPS) is 24.7. The molecule has 0 spiro atoms. The molecule has 98 valence electrons. The van der Waals surface area contributed by atoms with Crippen molar-refractivity contribution in [3.63, 3.8) is 0 Å². The van der Waals surface area contributed by atoms with E-state index in [2.05, 4.69) is 10.5 Å². The molecule has 0 saturated heterocycles. The van der Waals surface area contributed by atoms with Crippen LogP contribution in [0.5, 0.6) is 0 Å². The van der Waals surface area contributed by atoms with Crippen LogP contribution in [-0.4, -0.2) is 41.1 Å². The van der Waals surface area contributed by atoms with Gasteiger partial charge in [0, 0.05) is 25.0 Å². The molecule has 0 aromatic rings. The molecule has 1 fully saturated rings. The first-order chi connectivity index (χ1) is 8.13. The number of nitrogens with one attached hydrogen (secondary N) is 1. The van der Waals surface area contributed by atoms with E-state index < -0.39 is 0 Å². The highest BCUT2D eigenvalue weighted by Crippen LogP contribution is 2.25. The minimum Gasteiger partial charge on any atom is -0.409 e. The molecule has 17 heavy (non-hydrogen) atoms. The summed E-state index contributed by atoms with van der Waals surface area (Å²) < 4.78 is 0. The molecule has 0 aromatic carbocycles. The lowest BCUT2D eigenvalue weighted by molar-refractivity contribution is 0.197. The highest BCUT2D eigenvalue weighted by Gasteiger charge is 2.32. The van der Waals surface area contributed by atoms with Crippen molar-refractivity contribution in [2.45, 2.75) is 39.2 Å². The molecule has 2 amide bonds. The third-order valence-electron chi connectivity index (χ3n) is 3.37. The Morgan fingerprint density at radius 1 is 1.47 bits per heavy atom. The quantitative estimate of drug-likeness (QED) is 0.297. The van der Waals surface area contributed by atoms with Crippen molar-refractivity contribution in [2.24, 2.45) is 16.8 Å². The Kier molecular flexibility index (Phi) is 5.06. The van der Waals surface area contributed by atoms with Crippen LogP contribution < -0.4 is 11.1 Å². The van der Waals surface area contributed by atoms with Crippen molar-refractivity contribution >= 4 is 11.9 Å². The van der Waals surface area contributed by atoms with Crippen LogP contribution in [0.3, 0.4) is 0 Å². The van der Waals surface area contributed by atoms with E-state index in [0.717, 1.165) is 19.3 Å².